The van der Waals surface area contributed by atoms with Gasteiger partial charge in [0.05, 0.1) is 22.1 Å². The second-order valence-electron chi connectivity index (χ2n) is 21.1. The zero-order chi connectivity index (χ0) is 48.7. The van der Waals surface area contributed by atoms with Crippen LogP contribution < -0.4 is 0 Å². The summed E-state index contributed by atoms with van der Waals surface area (Å²) in [6.45, 7) is 12.1. The zero-order valence-electron chi connectivity index (χ0n) is 41.4. The molecule has 13 rings (SSSR count). The Bertz CT molecular complexity index is 4030. The molecule has 9 aromatic carbocycles. The first-order valence-corrected chi connectivity index (χ1v) is 25.4. The normalized spacial score (nSPS) is 15.1. The van der Waals surface area contributed by atoms with E-state index in [9.17, 15) is 0 Å². The first-order chi connectivity index (χ1) is 35.1. The van der Waals surface area contributed by atoms with E-state index in [0.29, 0.717) is 29.9 Å². The Hall–Kier alpha value is -8.41. The first-order valence-electron chi connectivity index (χ1n) is 25.4. The lowest BCUT2D eigenvalue weighted by molar-refractivity contribution is 0.233. The van der Waals surface area contributed by atoms with Gasteiger partial charge in [-0.3, -0.25) is 4.57 Å². The standard InChI is InChI=1S/C67H55N5/c1-43-42-66(2,3)58-41-51(33-38-57(58)67(43,4)5)48-31-34-52(35-32-48)71-59-25-14-12-23-53(59)55-36-37-56-54-24-13-15-26-60(54)72(63(56)62(55)71)65-69-61(40-44-17-16-22-50(39-44)46-20-10-7-11-21-46)68-64(70-65)49-29-27-47(28-30-49)45-18-8-6-9-19-45/h6-39,41,43H,40,42H2,1-5H3. The number of hydrogen-bond donors (Lipinski definition) is 0. The molecule has 3 heterocycles. The second kappa shape index (κ2) is 16.9. The highest BCUT2D eigenvalue weighted by atomic mass is 15.2. The van der Waals surface area contributed by atoms with Crippen molar-refractivity contribution in [2.75, 3.05) is 0 Å². The molecule has 0 radical (unpaired) electrons. The molecular formula is C67H55N5. The number of para-hydroxylation sites is 2. The molecule has 0 fully saturated rings. The van der Waals surface area contributed by atoms with Crippen LogP contribution in [0.3, 0.4) is 0 Å². The van der Waals surface area contributed by atoms with Crippen molar-refractivity contribution in [3.05, 3.63) is 235 Å². The molecular weight excluding hydrogens is 875 g/mol. The van der Waals surface area contributed by atoms with Crippen LogP contribution in [0.25, 0.3) is 100 Å². The molecule has 0 saturated heterocycles. The van der Waals surface area contributed by atoms with E-state index >= 15 is 0 Å². The number of benzene rings is 9. The van der Waals surface area contributed by atoms with E-state index in [2.05, 4.69) is 256 Å². The number of hydrogen-bond acceptors (Lipinski definition) is 3. The van der Waals surface area contributed by atoms with Crippen molar-refractivity contribution in [3.63, 3.8) is 0 Å². The smallest absolute Gasteiger partial charge is 0.238 e. The van der Waals surface area contributed by atoms with Crippen LogP contribution in [-0.2, 0) is 17.3 Å². The molecule has 348 valence electrons. The van der Waals surface area contributed by atoms with Gasteiger partial charge in [0.25, 0.3) is 0 Å². The predicted molar refractivity (Wildman–Crippen MR) is 299 cm³/mol. The van der Waals surface area contributed by atoms with Crippen LogP contribution >= 0.6 is 0 Å². The lowest BCUT2D eigenvalue weighted by Gasteiger charge is -2.46. The summed E-state index contributed by atoms with van der Waals surface area (Å²) in [5, 5.41) is 4.64. The highest BCUT2D eigenvalue weighted by molar-refractivity contribution is 6.23. The average Bonchev–Trinajstić information content (AvgIpc) is 3.94. The fourth-order valence-electron chi connectivity index (χ4n) is 11.9. The van der Waals surface area contributed by atoms with Gasteiger partial charge in [0.2, 0.25) is 5.95 Å². The largest absolute Gasteiger partial charge is 0.307 e. The van der Waals surface area contributed by atoms with Crippen LogP contribution in [0.2, 0.25) is 0 Å². The zero-order valence-corrected chi connectivity index (χ0v) is 41.4. The number of rotatable bonds is 8. The van der Waals surface area contributed by atoms with Crippen molar-refractivity contribution in [2.24, 2.45) is 5.92 Å². The van der Waals surface area contributed by atoms with Gasteiger partial charge in [-0.15, -0.1) is 0 Å². The van der Waals surface area contributed by atoms with E-state index in [-0.39, 0.29) is 10.8 Å². The fourth-order valence-corrected chi connectivity index (χ4v) is 11.9. The van der Waals surface area contributed by atoms with Crippen molar-refractivity contribution in [1.82, 2.24) is 24.1 Å². The molecule has 0 amide bonds. The second-order valence-corrected chi connectivity index (χ2v) is 21.1. The molecule has 0 spiro atoms. The Kier molecular flexibility index (Phi) is 10.2. The van der Waals surface area contributed by atoms with Crippen molar-refractivity contribution in [3.8, 4) is 56.4 Å². The Balaban J connectivity index is 1.01. The quantitative estimate of drug-likeness (QED) is 0.153. The van der Waals surface area contributed by atoms with Gasteiger partial charge in [-0.1, -0.05) is 223 Å². The molecule has 1 aliphatic rings. The Morgan fingerprint density at radius 2 is 0.944 bits per heavy atom. The molecule has 0 N–H and O–H groups in total. The third-order valence-electron chi connectivity index (χ3n) is 15.9. The van der Waals surface area contributed by atoms with E-state index in [0.717, 1.165) is 60.8 Å². The van der Waals surface area contributed by atoms with Crippen LogP contribution in [0.4, 0.5) is 0 Å². The van der Waals surface area contributed by atoms with Gasteiger partial charge in [0, 0.05) is 39.2 Å². The lowest BCUT2D eigenvalue weighted by atomic mass is 9.58. The summed E-state index contributed by atoms with van der Waals surface area (Å²) >= 11 is 0. The summed E-state index contributed by atoms with van der Waals surface area (Å²) in [7, 11) is 0. The molecule has 1 aliphatic carbocycles. The van der Waals surface area contributed by atoms with E-state index in [1.165, 1.54) is 50.6 Å². The van der Waals surface area contributed by atoms with Crippen LogP contribution in [0.5, 0.6) is 0 Å². The number of nitrogens with zero attached hydrogens (tertiary/aromatic N) is 5. The summed E-state index contributed by atoms with van der Waals surface area (Å²) < 4.78 is 4.74. The summed E-state index contributed by atoms with van der Waals surface area (Å²) in [4.78, 5) is 16.2. The highest BCUT2D eigenvalue weighted by Gasteiger charge is 2.42. The molecule has 1 atom stereocenters. The van der Waals surface area contributed by atoms with Gasteiger partial charge in [-0.2, -0.15) is 9.97 Å². The monoisotopic (exact) mass is 929 g/mol. The molecule has 5 nitrogen and oxygen atoms in total. The predicted octanol–water partition coefficient (Wildman–Crippen LogP) is 16.9. The number of aromatic nitrogens is 5. The van der Waals surface area contributed by atoms with Gasteiger partial charge in [0.15, 0.2) is 5.82 Å². The molecule has 1 unspecified atom stereocenters. The summed E-state index contributed by atoms with van der Waals surface area (Å²) in [6.07, 6.45) is 1.70. The topological polar surface area (TPSA) is 48.5 Å². The van der Waals surface area contributed by atoms with Crippen molar-refractivity contribution in [2.45, 2.75) is 58.3 Å². The van der Waals surface area contributed by atoms with Gasteiger partial charge >= 0.3 is 0 Å². The first kappa shape index (κ1) is 43.6. The third kappa shape index (κ3) is 7.25. The van der Waals surface area contributed by atoms with Crippen molar-refractivity contribution < 1.29 is 0 Å². The molecule has 12 aromatic rings. The van der Waals surface area contributed by atoms with Gasteiger partial charge in [0.1, 0.15) is 5.82 Å². The molecule has 0 bridgehead atoms. The van der Waals surface area contributed by atoms with Crippen LogP contribution in [-0.4, -0.2) is 24.1 Å². The van der Waals surface area contributed by atoms with Crippen LogP contribution in [0.1, 0.15) is 63.6 Å². The van der Waals surface area contributed by atoms with E-state index in [1.807, 2.05) is 0 Å². The van der Waals surface area contributed by atoms with Crippen LogP contribution in [0.15, 0.2) is 212 Å². The maximum Gasteiger partial charge on any atom is 0.238 e. The Morgan fingerprint density at radius 1 is 0.431 bits per heavy atom. The maximum atomic E-state index is 5.46. The minimum atomic E-state index is 0.105. The van der Waals surface area contributed by atoms with E-state index in [1.54, 1.807) is 0 Å². The molecule has 3 aromatic heterocycles. The maximum absolute atomic E-state index is 5.46. The average molecular weight is 930 g/mol. The van der Waals surface area contributed by atoms with E-state index in [4.69, 9.17) is 15.0 Å². The Morgan fingerprint density at radius 3 is 1.62 bits per heavy atom. The summed E-state index contributed by atoms with van der Waals surface area (Å²) in [5.41, 5.74) is 17.8. The van der Waals surface area contributed by atoms with Gasteiger partial charge < -0.3 is 4.57 Å². The minimum absolute atomic E-state index is 0.105. The SMILES string of the molecule is CC1CC(C)(C)c2cc(-c3ccc(-n4c5ccccc5c5ccc6c7ccccc7n(-c7nc(Cc8cccc(-c9ccccc9)c8)nc(-c8ccc(-c9ccccc9)cc8)n7)c6c54)cc3)ccc2C1(C)C. The Labute approximate surface area is 421 Å². The van der Waals surface area contributed by atoms with Gasteiger partial charge in [-0.25, -0.2) is 4.98 Å². The number of fused-ring (bicyclic) bond motifs is 8. The third-order valence-corrected chi connectivity index (χ3v) is 15.9. The molecule has 0 aliphatic heterocycles. The molecule has 72 heavy (non-hydrogen) atoms. The summed E-state index contributed by atoms with van der Waals surface area (Å²) in [5.74, 6) is 2.52. The summed E-state index contributed by atoms with van der Waals surface area (Å²) in [6, 6.07) is 76.8. The highest BCUT2D eigenvalue weighted by Crippen LogP contribution is 2.50. The van der Waals surface area contributed by atoms with Crippen molar-refractivity contribution in [1.29, 1.82) is 0 Å². The van der Waals surface area contributed by atoms with Crippen molar-refractivity contribution >= 4 is 43.6 Å². The minimum Gasteiger partial charge on any atom is -0.307 e. The lowest BCUT2D eigenvalue weighted by Crippen LogP contribution is -2.40. The molecule has 0 saturated carbocycles. The molecule has 5 heteroatoms. The van der Waals surface area contributed by atoms with Crippen LogP contribution in [0, 0.1) is 5.92 Å². The fraction of sp³-hybridized carbons (Fsp3) is 0.149. The van der Waals surface area contributed by atoms with E-state index < -0.39 is 0 Å². The van der Waals surface area contributed by atoms with Gasteiger partial charge in [-0.05, 0) is 97.5 Å².